The molecule has 6 nitrogen and oxygen atoms in total. The van der Waals surface area contributed by atoms with Gasteiger partial charge in [0, 0.05) is 30.9 Å². The van der Waals surface area contributed by atoms with Crippen molar-refractivity contribution >= 4 is 21.8 Å². The lowest BCUT2D eigenvalue weighted by Gasteiger charge is -2.26. The molecule has 27 heavy (non-hydrogen) atoms. The molecule has 1 aliphatic heterocycles. The average molecular weight is 415 g/mol. The molecule has 1 aromatic rings. The third-order valence-corrected chi connectivity index (χ3v) is 8.47. The molecule has 152 valence electrons. The molecule has 0 N–H and O–H groups in total. The van der Waals surface area contributed by atoms with Gasteiger partial charge in [0.2, 0.25) is 10.0 Å². The molecular formula is C19H30N2O4S2. The highest BCUT2D eigenvalue weighted by molar-refractivity contribution is 7.99. The van der Waals surface area contributed by atoms with Gasteiger partial charge in [-0.15, -0.1) is 0 Å². The second kappa shape index (κ2) is 9.60. The van der Waals surface area contributed by atoms with Crippen LogP contribution in [0, 0.1) is 0 Å². The molecule has 8 heteroatoms. The van der Waals surface area contributed by atoms with Crippen LogP contribution in [0.15, 0.2) is 29.2 Å². The highest BCUT2D eigenvalue weighted by Gasteiger charge is 2.27. The molecule has 3 rings (SSSR count). The first-order valence-electron chi connectivity index (χ1n) is 9.54. The summed E-state index contributed by atoms with van der Waals surface area (Å²) in [5, 5.41) is 0.791. The van der Waals surface area contributed by atoms with E-state index < -0.39 is 10.0 Å². The van der Waals surface area contributed by atoms with Crippen molar-refractivity contribution in [3.8, 4) is 5.75 Å². The molecule has 0 bridgehead atoms. The molecule has 0 radical (unpaired) electrons. The number of likely N-dealkylation sites (N-methyl/N-ethyl adjacent to an activating group) is 1. The number of nitrogens with zero attached hydrogens (tertiary/aromatic N) is 2. The summed E-state index contributed by atoms with van der Waals surface area (Å²) in [6.07, 6.45) is 6.01. The first-order valence-corrected chi connectivity index (χ1v) is 12.3. The Kier molecular flexibility index (Phi) is 7.44. The minimum Gasteiger partial charge on any atom is -0.492 e. The molecular weight excluding hydrogens is 384 g/mol. The van der Waals surface area contributed by atoms with Crippen LogP contribution in [-0.4, -0.2) is 81.7 Å². The second-order valence-corrected chi connectivity index (χ2v) is 10.2. The number of thioether (sulfide) groups is 1. The standard InChI is InChI=1S/C19H30N2O4S2/c1-20(16-3-6-18(15-16)26-2)9-14-25-17-4-7-19(8-5-17)27(22,23)21-10-12-24-13-11-21/h4-5,7-8,16,18H,3,6,9-15H2,1-2H3/t16-,18-/m1/s1. The van der Waals surface area contributed by atoms with Crippen molar-refractivity contribution in [3.05, 3.63) is 24.3 Å². The van der Waals surface area contributed by atoms with E-state index in [2.05, 4.69) is 18.2 Å². The summed E-state index contributed by atoms with van der Waals surface area (Å²) in [5.41, 5.74) is 0. The maximum Gasteiger partial charge on any atom is 0.243 e. The third kappa shape index (κ3) is 5.38. The van der Waals surface area contributed by atoms with Gasteiger partial charge in [-0.3, -0.25) is 4.90 Å². The van der Waals surface area contributed by atoms with Crippen molar-refractivity contribution < 1.29 is 17.9 Å². The molecule has 0 amide bonds. The minimum atomic E-state index is -3.44. The zero-order valence-electron chi connectivity index (χ0n) is 16.2. The van der Waals surface area contributed by atoms with E-state index in [1.807, 2.05) is 11.8 Å². The van der Waals surface area contributed by atoms with Crippen LogP contribution in [0.25, 0.3) is 0 Å². The first kappa shape index (κ1) is 20.9. The first-order chi connectivity index (χ1) is 13.0. The number of hydrogen-bond acceptors (Lipinski definition) is 6. The fourth-order valence-corrected chi connectivity index (χ4v) is 5.86. The summed E-state index contributed by atoms with van der Waals surface area (Å²) in [6, 6.07) is 7.39. The lowest BCUT2D eigenvalue weighted by Crippen LogP contribution is -2.40. The van der Waals surface area contributed by atoms with Crippen LogP contribution in [0.4, 0.5) is 0 Å². The smallest absolute Gasteiger partial charge is 0.243 e. The highest BCUT2D eigenvalue weighted by atomic mass is 32.2. The van der Waals surface area contributed by atoms with Gasteiger partial charge in [0.15, 0.2) is 0 Å². The lowest BCUT2D eigenvalue weighted by molar-refractivity contribution is 0.0730. The zero-order valence-corrected chi connectivity index (χ0v) is 17.8. The molecule has 0 aromatic heterocycles. The van der Waals surface area contributed by atoms with Gasteiger partial charge < -0.3 is 9.47 Å². The fourth-order valence-electron chi connectivity index (χ4n) is 3.67. The van der Waals surface area contributed by atoms with Gasteiger partial charge >= 0.3 is 0 Å². The van der Waals surface area contributed by atoms with E-state index in [1.165, 1.54) is 23.6 Å². The van der Waals surface area contributed by atoms with Crippen LogP contribution in [0.5, 0.6) is 5.75 Å². The fraction of sp³-hybridized carbons (Fsp3) is 0.684. The highest BCUT2D eigenvalue weighted by Crippen LogP contribution is 2.30. The maximum absolute atomic E-state index is 12.6. The Bertz CT molecular complexity index is 690. The molecule has 2 fully saturated rings. The van der Waals surface area contributed by atoms with E-state index in [0.29, 0.717) is 49.6 Å². The second-order valence-electron chi connectivity index (χ2n) is 7.14. The predicted molar refractivity (Wildman–Crippen MR) is 109 cm³/mol. The monoisotopic (exact) mass is 414 g/mol. The molecule has 1 heterocycles. The normalized spacial score (nSPS) is 24.4. The molecule has 0 spiro atoms. The Labute approximate surface area is 167 Å². The number of morpholine rings is 1. The van der Waals surface area contributed by atoms with Crippen molar-refractivity contribution in [2.24, 2.45) is 0 Å². The minimum absolute atomic E-state index is 0.308. The SMILES string of the molecule is CS[C@@H]1CC[C@@H](N(C)CCOc2ccc(S(=O)(=O)N3CCOCC3)cc2)C1. The summed E-state index contributed by atoms with van der Waals surface area (Å²) in [7, 11) is -1.28. The Morgan fingerprint density at radius 1 is 1.22 bits per heavy atom. The van der Waals surface area contributed by atoms with Gasteiger partial charge in [-0.1, -0.05) is 0 Å². The van der Waals surface area contributed by atoms with Crippen LogP contribution in [0.3, 0.4) is 0 Å². The van der Waals surface area contributed by atoms with E-state index in [4.69, 9.17) is 9.47 Å². The van der Waals surface area contributed by atoms with E-state index >= 15 is 0 Å². The maximum atomic E-state index is 12.6. The Hall–Kier alpha value is -0.800. The van der Waals surface area contributed by atoms with Crippen LogP contribution in [0.2, 0.25) is 0 Å². The number of benzene rings is 1. The van der Waals surface area contributed by atoms with Gasteiger partial charge in [0.05, 0.1) is 18.1 Å². The van der Waals surface area contributed by atoms with Crippen LogP contribution >= 0.6 is 11.8 Å². The molecule has 2 aliphatic rings. The molecule has 1 aliphatic carbocycles. The third-order valence-electron chi connectivity index (χ3n) is 5.46. The summed E-state index contributed by atoms with van der Waals surface area (Å²) in [5.74, 6) is 0.706. The number of sulfonamides is 1. The van der Waals surface area contributed by atoms with Gasteiger partial charge in [0.1, 0.15) is 12.4 Å². The molecule has 1 aromatic carbocycles. The topological polar surface area (TPSA) is 59.1 Å². The van der Waals surface area contributed by atoms with E-state index in [1.54, 1.807) is 24.3 Å². The summed E-state index contributed by atoms with van der Waals surface area (Å²) in [4.78, 5) is 2.69. The predicted octanol–water partition coefficient (Wildman–Crippen LogP) is 2.30. The van der Waals surface area contributed by atoms with Crippen molar-refractivity contribution in [1.82, 2.24) is 9.21 Å². The van der Waals surface area contributed by atoms with Crippen molar-refractivity contribution in [2.45, 2.75) is 35.4 Å². The summed E-state index contributed by atoms with van der Waals surface area (Å²) < 4.78 is 37.8. The van der Waals surface area contributed by atoms with E-state index in [-0.39, 0.29) is 0 Å². The van der Waals surface area contributed by atoms with Crippen molar-refractivity contribution in [3.63, 3.8) is 0 Å². The number of hydrogen-bond donors (Lipinski definition) is 0. The Morgan fingerprint density at radius 2 is 1.93 bits per heavy atom. The number of rotatable bonds is 8. The molecule has 0 unspecified atom stereocenters. The average Bonchev–Trinajstić information content (AvgIpc) is 3.18. The zero-order chi connectivity index (χ0) is 19.3. The Balaban J connectivity index is 1.48. The van der Waals surface area contributed by atoms with Crippen molar-refractivity contribution in [2.75, 3.05) is 52.8 Å². The summed E-state index contributed by atoms with van der Waals surface area (Å²) >= 11 is 1.97. The van der Waals surface area contributed by atoms with Gasteiger partial charge in [-0.05, 0) is 56.8 Å². The van der Waals surface area contributed by atoms with Gasteiger partial charge in [-0.2, -0.15) is 16.1 Å². The van der Waals surface area contributed by atoms with Gasteiger partial charge in [-0.25, -0.2) is 8.42 Å². The number of ether oxygens (including phenoxy) is 2. The largest absolute Gasteiger partial charge is 0.492 e. The molecule has 1 saturated heterocycles. The van der Waals surface area contributed by atoms with Gasteiger partial charge in [0.25, 0.3) is 0 Å². The lowest BCUT2D eigenvalue weighted by atomic mass is 10.2. The molecule has 2 atom stereocenters. The summed E-state index contributed by atoms with van der Waals surface area (Å²) in [6.45, 7) is 3.20. The Morgan fingerprint density at radius 3 is 2.56 bits per heavy atom. The quantitative estimate of drug-likeness (QED) is 0.651. The van der Waals surface area contributed by atoms with Crippen molar-refractivity contribution in [1.29, 1.82) is 0 Å². The van der Waals surface area contributed by atoms with E-state index in [0.717, 1.165) is 11.8 Å². The molecule has 1 saturated carbocycles. The van der Waals surface area contributed by atoms with Crippen LogP contribution < -0.4 is 4.74 Å². The van der Waals surface area contributed by atoms with Crippen LogP contribution in [0.1, 0.15) is 19.3 Å². The van der Waals surface area contributed by atoms with E-state index in [9.17, 15) is 8.42 Å². The van der Waals surface area contributed by atoms with Crippen LogP contribution in [-0.2, 0) is 14.8 Å².